The van der Waals surface area contributed by atoms with Gasteiger partial charge in [0.2, 0.25) is 0 Å². The number of rotatable bonds is 5. The number of carbonyl (C=O) groups is 1. The van der Waals surface area contributed by atoms with Gasteiger partial charge in [0.25, 0.3) is 0 Å². The fraction of sp³-hybridized carbons (Fsp3) is 0.133. The van der Waals surface area contributed by atoms with Gasteiger partial charge in [0, 0.05) is 10.0 Å². The summed E-state index contributed by atoms with van der Waals surface area (Å²) in [5, 5.41) is 0.458. The number of ketones is 1. The van der Waals surface area contributed by atoms with Gasteiger partial charge in [-0.3, -0.25) is 4.79 Å². The molecule has 0 spiro atoms. The highest BCUT2D eigenvalue weighted by Crippen LogP contribution is 2.16. The third-order valence-electron chi connectivity index (χ3n) is 2.59. The summed E-state index contributed by atoms with van der Waals surface area (Å²) < 4.78 is 6.42. The second kappa shape index (κ2) is 6.85. The first-order valence-electron chi connectivity index (χ1n) is 5.77. The van der Waals surface area contributed by atoms with Crippen molar-refractivity contribution in [2.24, 2.45) is 0 Å². The highest BCUT2D eigenvalue weighted by atomic mass is 79.9. The Morgan fingerprint density at radius 1 is 1.11 bits per heavy atom. The highest BCUT2D eigenvalue weighted by Gasteiger charge is 2.09. The molecule has 0 aromatic heterocycles. The van der Waals surface area contributed by atoms with Crippen LogP contribution < -0.4 is 0 Å². The number of hydrogen-bond donors (Lipinski definition) is 0. The lowest BCUT2D eigenvalue weighted by Crippen LogP contribution is -2.09. The zero-order valence-corrected chi connectivity index (χ0v) is 12.4. The van der Waals surface area contributed by atoms with Crippen LogP contribution in [0.15, 0.2) is 53.0 Å². The molecule has 0 fully saturated rings. The Hall–Kier alpha value is -1.16. The third kappa shape index (κ3) is 4.16. The van der Waals surface area contributed by atoms with Crippen LogP contribution in [0.5, 0.6) is 0 Å². The normalized spacial score (nSPS) is 10.4. The van der Waals surface area contributed by atoms with Crippen LogP contribution in [0.25, 0.3) is 0 Å². The molecule has 0 amide bonds. The van der Waals surface area contributed by atoms with Gasteiger partial charge >= 0.3 is 0 Å². The summed E-state index contributed by atoms with van der Waals surface area (Å²) in [6.07, 6.45) is 0. The maximum Gasteiger partial charge on any atom is 0.189 e. The standard InChI is InChI=1S/C15H12BrClO2/c16-12-7-5-11(6-8-12)9-19-10-15(18)13-3-1-2-4-14(13)17/h1-8H,9-10H2. The molecule has 0 bridgehead atoms. The molecule has 2 nitrogen and oxygen atoms in total. The van der Waals surface area contributed by atoms with Gasteiger partial charge in [-0.25, -0.2) is 0 Å². The molecular weight excluding hydrogens is 328 g/mol. The average Bonchev–Trinajstić information content (AvgIpc) is 2.41. The maximum absolute atomic E-state index is 11.9. The van der Waals surface area contributed by atoms with Gasteiger partial charge in [-0.2, -0.15) is 0 Å². The molecule has 0 atom stereocenters. The van der Waals surface area contributed by atoms with Crippen LogP contribution in [0.1, 0.15) is 15.9 Å². The Morgan fingerprint density at radius 2 is 1.79 bits per heavy atom. The lowest BCUT2D eigenvalue weighted by Gasteiger charge is -2.05. The van der Waals surface area contributed by atoms with Crippen LogP contribution in [-0.2, 0) is 11.3 Å². The van der Waals surface area contributed by atoms with E-state index in [4.69, 9.17) is 16.3 Å². The maximum atomic E-state index is 11.9. The molecule has 98 valence electrons. The van der Waals surface area contributed by atoms with Crippen LogP contribution in [0.3, 0.4) is 0 Å². The fourth-order valence-corrected chi connectivity index (χ4v) is 2.11. The average molecular weight is 340 g/mol. The number of halogens is 2. The summed E-state index contributed by atoms with van der Waals surface area (Å²) in [4.78, 5) is 11.9. The number of ether oxygens (including phenoxy) is 1. The summed E-state index contributed by atoms with van der Waals surface area (Å²) in [5.74, 6) is -0.109. The molecule has 19 heavy (non-hydrogen) atoms. The van der Waals surface area contributed by atoms with Gasteiger partial charge < -0.3 is 4.74 Å². The lowest BCUT2D eigenvalue weighted by atomic mass is 10.1. The fourth-order valence-electron chi connectivity index (χ4n) is 1.61. The van der Waals surface area contributed by atoms with Crippen molar-refractivity contribution in [2.75, 3.05) is 6.61 Å². The minimum absolute atomic E-state index is 0.0276. The van der Waals surface area contributed by atoms with Gasteiger partial charge in [0.15, 0.2) is 5.78 Å². The molecule has 0 aliphatic carbocycles. The lowest BCUT2D eigenvalue weighted by molar-refractivity contribution is 0.0726. The number of Topliss-reactive ketones (excluding diaryl/α,β-unsaturated/α-hetero) is 1. The van der Waals surface area contributed by atoms with Crippen molar-refractivity contribution >= 4 is 33.3 Å². The molecule has 2 aromatic rings. The Labute approximate surface area is 125 Å². The number of benzene rings is 2. The van der Waals surface area contributed by atoms with Crippen LogP contribution in [0.4, 0.5) is 0 Å². The molecular formula is C15H12BrClO2. The third-order valence-corrected chi connectivity index (χ3v) is 3.45. The van der Waals surface area contributed by atoms with Crippen LogP contribution in [0.2, 0.25) is 5.02 Å². The SMILES string of the molecule is O=C(COCc1ccc(Br)cc1)c1ccccc1Cl. The summed E-state index contributed by atoms with van der Waals surface area (Å²) in [6, 6.07) is 14.8. The van der Waals surface area contributed by atoms with E-state index in [2.05, 4.69) is 15.9 Å². The van der Waals surface area contributed by atoms with Gasteiger partial charge in [-0.1, -0.05) is 51.8 Å². The Kier molecular flexibility index (Phi) is 5.14. The molecule has 2 rings (SSSR count). The highest BCUT2D eigenvalue weighted by molar-refractivity contribution is 9.10. The molecule has 0 aliphatic rings. The van der Waals surface area contributed by atoms with E-state index < -0.39 is 0 Å². The first-order chi connectivity index (χ1) is 9.16. The monoisotopic (exact) mass is 338 g/mol. The van der Waals surface area contributed by atoms with Crippen molar-refractivity contribution in [3.05, 3.63) is 69.2 Å². The van der Waals surface area contributed by atoms with Gasteiger partial charge in [0.1, 0.15) is 6.61 Å². The number of hydrogen-bond acceptors (Lipinski definition) is 2. The minimum Gasteiger partial charge on any atom is -0.369 e. The van der Waals surface area contributed by atoms with Crippen molar-refractivity contribution in [1.82, 2.24) is 0 Å². The van der Waals surface area contributed by atoms with Crippen LogP contribution >= 0.6 is 27.5 Å². The van der Waals surface area contributed by atoms with Gasteiger partial charge in [-0.15, -0.1) is 0 Å². The summed E-state index contributed by atoms with van der Waals surface area (Å²) in [5.41, 5.74) is 1.52. The molecule has 4 heteroatoms. The molecule has 0 unspecified atom stereocenters. The van der Waals surface area contributed by atoms with Crippen molar-refractivity contribution in [1.29, 1.82) is 0 Å². The smallest absolute Gasteiger partial charge is 0.189 e. The van der Waals surface area contributed by atoms with Crippen molar-refractivity contribution in [2.45, 2.75) is 6.61 Å². The summed E-state index contributed by atoms with van der Waals surface area (Å²) >= 11 is 9.32. The summed E-state index contributed by atoms with van der Waals surface area (Å²) in [7, 11) is 0. The molecule has 0 heterocycles. The van der Waals surface area contributed by atoms with Crippen LogP contribution in [-0.4, -0.2) is 12.4 Å². The van der Waals surface area contributed by atoms with Crippen molar-refractivity contribution in [3.8, 4) is 0 Å². The first kappa shape index (κ1) is 14.3. The molecule has 0 radical (unpaired) electrons. The second-order valence-corrected chi connectivity index (χ2v) is 5.35. The zero-order valence-electron chi connectivity index (χ0n) is 10.1. The Bertz CT molecular complexity index is 567. The summed E-state index contributed by atoms with van der Waals surface area (Å²) in [6.45, 7) is 0.434. The van der Waals surface area contributed by atoms with E-state index in [-0.39, 0.29) is 12.4 Å². The van der Waals surface area contributed by atoms with E-state index in [1.807, 2.05) is 24.3 Å². The molecule has 0 saturated heterocycles. The largest absolute Gasteiger partial charge is 0.369 e. The minimum atomic E-state index is -0.109. The van der Waals surface area contributed by atoms with E-state index in [9.17, 15) is 4.79 Å². The predicted octanol–water partition coefficient (Wildman–Crippen LogP) is 4.50. The second-order valence-electron chi connectivity index (χ2n) is 4.02. The zero-order chi connectivity index (χ0) is 13.7. The topological polar surface area (TPSA) is 26.3 Å². The van der Waals surface area contributed by atoms with E-state index in [1.165, 1.54) is 0 Å². The Balaban J connectivity index is 1.88. The number of carbonyl (C=O) groups excluding carboxylic acids is 1. The molecule has 0 saturated carbocycles. The van der Waals surface area contributed by atoms with E-state index >= 15 is 0 Å². The Morgan fingerprint density at radius 3 is 2.47 bits per heavy atom. The van der Waals surface area contributed by atoms with E-state index in [0.29, 0.717) is 17.2 Å². The van der Waals surface area contributed by atoms with Crippen molar-refractivity contribution in [3.63, 3.8) is 0 Å². The first-order valence-corrected chi connectivity index (χ1v) is 6.94. The molecule has 0 N–H and O–H groups in total. The molecule has 0 aliphatic heterocycles. The van der Waals surface area contributed by atoms with Gasteiger partial charge in [0.05, 0.1) is 11.6 Å². The van der Waals surface area contributed by atoms with E-state index in [0.717, 1.165) is 10.0 Å². The predicted molar refractivity (Wildman–Crippen MR) is 79.6 cm³/mol. The van der Waals surface area contributed by atoms with E-state index in [1.54, 1.807) is 24.3 Å². The quantitative estimate of drug-likeness (QED) is 0.750. The van der Waals surface area contributed by atoms with Gasteiger partial charge in [-0.05, 0) is 29.8 Å². The van der Waals surface area contributed by atoms with Crippen molar-refractivity contribution < 1.29 is 9.53 Å². The van der Waals surface area contributed by atoms with Crippen LogP contribution in [0, 0.1) is 0 Å². The molecule has 2 aromatic carbocycles.